The van der Waals surface area contributed by atoms with Crippen molar-refractivity contribution in [2.45, 2.75) is 33.8 Å². The zero-order chi connectivity index (χ0) is 16.8. The van der Waals surface area contributed by atoms with Gasteiger partial charge in [0, 0.05) is 17.4 Å². The highest BCUT2D eigenvalue weighted by molar-refractivity contribution is 5.93. The molecule has 2 aromatic carbocycles. The third-order valence-corrected chi connectivity index (χ3v) is 3.16. The number of amides is 1. The van der Waals surface area contributed by atoms with E-state index in [-0.39, 0.29) is 18.6 Å². The molecule has 0 spiro atoms. The van der Waals surface area contributed by atoms with Gasteiger partial charge in [0.2, 0.25) is 5.91 Å². The predicted octanol–water partition coefficient (Wildman–Crippen LogP) is 4.14. The first-order valence-corrected chi connectivity index (χ1v) is 7.81. The molecular weight excluding hydrogens is 288 g/mol. The molecule has 0 heterocycles. The first kappa shape index (κ1) is 16.9. The molecule has 0 fully saturated rings. The van der Waals surface area contributed by atoms with Gasteiger partial charge in [-0.05, 0) is 63.1 Å². The fourth-order valence-electron chi connectivity index (χ4n) is 2.38. The summed E-state index contributed by atoms with van der Waals surface area (Å²) in [5.41, 5.74) is 4.03. The number of hydrogen-bond acceptors (Lipinski definition) is 3. The molecule has 0 radical (unpaired) electrons. The van der Waals surface area contributed by atoms with Gasteiger partial charge in [0.1, 0.15) is 5.75 Å². The zero-order valence-corrected chi connectivity index (χ0v) is 14.1. The van der Waals surface area contributed by atoms with Gasteiger partial charge in [0.25, 0.3) is 0 Å². The standard InChI is InChI=1S/C19H24N2O2/c1-13(2)23-18-7-5-6-16(11-18)21-19(22)12-20-17-9-14(3)8-15(4)10-17/h5-11,13,20H,12H2,1-4H3,(H,21,22). The van der Waals surface area contributed by atoms with Crippen LogP contribution in [0.15, 0.2) is 42.5 Å². The number of rotatable bonds is 6. The fourth-order valence-corrected chi connectivity index (χ4v) is 2.38. The van der Waals surface area contributed by atoms with Gasteiger partial charge in [-0.1, -0.05) is 12.1 Å². The van der Waals surface area contributed by atoms with E-state index in [4.69, 9.17) is 4.74 Å². The summed E-state index contributed by atoms with van der Waals surface area (Å²) < 4.78 is 5.63. The second-order valence-electron chi connectivity index (χ2n) is 5.97. The topological polar surface area (TPSA) is 50.4 Å². The molecule has 0 aliphatic rings. The Balaban J connectivity index is 1.92. The molecule has 2 aromatic rings. The molecular formula is C19H24N2O2. The highest BCUT2D eigenvalue weighted by atomic mass is 16.5. The van der Waals surface area contributed by atoms with E-state index in [1.54, 1.807) is 0 Å². The molecule has 2 rings (SSSR count). The number of nitrogens with one attached hydrogen (secondary N) is 2. The molecule has 0 aliphatic carbocycles. The average Bonchev–Trinajstić information content (AvgIpc) is 2.44. The van der Waals surface area contributed by atoms with Gasteiger partial charge in [-0.2, -0.15) is 0 Å². The Morgan fingerprint density at radius 2 is 1.74 bits per heavy atom. The van der Waals surface area contributed by atoms with Gasteiger partial charge in [0.05, 0.1) is 12.6 Å². The second kappa shape index (κ2) is 7.68. The number of aryl methyl sites for hydroxylation is 2. The van der Waals surface area contributed by atoms with E-state index in [1.165, 1.54) is 11.1 Å². The van der Waals surface area contributed by atoms with Crippen LogP contribution < -0.4 is 15.4 Å². The van der Waals surface area contributed by atoms with Gasteiger partial charge in [-0.15, -0.1) is 0 Å². The molecule has 4 heteroatoms. The predicted molar refractivity (Wildman–Crippen MR) is 95.2 cm³/mol. The molecule has 2 N–H and O–H groups in total. The van der Waals surface area contributed by atoms with Crippen LogP contribution in [0.2, 0.25) is 0 Å². The summed E-state index contributed by atoms with van der Waals surface area (Å²) in [5, 5.41) is 6.02. The molecule has 4 nitrogen and oxygen atoms in total. The number of hydrogen-bond donors (Lipinski definition) is 2. The lowest BCUT2D eigenvalue weighted by atomic mass is 10.1. The lowest BCUT2D eigenvalue weighted by Gasteiger charge is -2.12. The fraction of sp³-hybridized carbons (Fsp3) is 0.316. The molecule has 122 valence electrons. The number of benzene rings is 2. The van der Waals surface area contributed by atoms with Crippen molar-refractivity contribution in [3.05, 3.63) is 53.6 Å². The highest BCUT2D eigenvalue weighted by Crippen LogP contribution is 2.18. The Morgan fingerprint density at radius 3 is 2.39 bits per heavy atom. The molecule has 0 saturated heterocycles. The SMILES string of the molecule is Cc1cc(C)cc(NCC(=O)Nc2cccc(OC(C)C)c2)c1. The van der Waals surface area contributed by atoms with Crippen LogP contribution >= 0.6 is 0 Å². The Hall–Kier alpha value is -2.49. The third-order valence-electron chi connectivity index (χ3n) is 3.16. The summed E-state index contributed by atoms with van der Waals surface area (Å²) in [5.74, 6) is 0.658. The minimum Gasteiger partial charge on any atom is -0.491 e. The number of carbonyl (C=O) groups excluding carboxylic acids is 1. The van der Waals surface area contributed by atoms with Crippen molar-refractivity contribution in [3.8, 4) is 5.75 Å². The monoisotopic (exact) mass is 312 g/mol. The smallest absolute Gasteiger partial charge is 0.243 e. The van der Waals surface area contributed by atoms with Crippen molar-refractivity contribution < 1.29 is 9.53 Å². The largest absolute Gasteiger partial charge is 0.491 e. The van der Waals surface area contributed by atoms with Crippen LogP contribution in [-0.2, 0) is 4.79 Å². The van der Waals surface area contributed by atoms with Crippen LogP contribution in [-0.4, -0.2) is 18.6 Å². The number of ether oxygens (including phenoxy) is 1. The highest BCUT2D eigenvalue weighted by Gasteiger charge is 2.05. The molecule has 0 aliphatic heterocycles. The Bertz CT molecular complexity index is 661. The van der Waals surface area contributed by atoms with Crippen molar-refractivity contribution >= 4 is 17.3 Å². The van der Waals surface area contributed by atoms with Crippen molar-refractivity contribution in [1.29, 1.82) is 0 Å². The van der Waals surface area contributed by atoms with Gasteiger partial charge >= 0.3 is 0 Å². The summed E-state index contributed by atoms with van der Waals surface area (Å²) in [6, 6.07) is 13.6. The molecule has 1 amide bonds. The normalized spacial score (nSPS) is 10.5. The van der Waals surface area contributed by atoms with E-state index in [0.717, 1.165) is 17.1 Å². The summed E-state index contributed by atoms with van der Waals surface area (Å²) in [6.45, 7) is 8.24. The minimum absolute atomic E-state index is 0.0918. The van der Waals surface area contributed by atoms with E-state index >= 15 is 0 Å². The summed E-state index contributed by atoms with van der Waals surface area (Å²) in [6.07, 6.45) is 0.104. The van der Waals surface area contributed by atoms with Gasteiger partial charge < -0.3 is 15.4 Å². The zero-order valence-electron chi connectivity index (χ0n) is 14.1. The Labute approximate surface area is 137 Å². The van der Waals surface area contributed by atoms with Crippen molar-refractivity contribution in [1.82, 2.24) is 0 Å². The molecule has 0 bridgehead atoms. The molecule has 0 atom stereocenters. The van der Waals surface area contributed by atoms with Crippen LogP contribution in [0, 0.1) is 13.8 Å². The van der Waals surface area contributed by atoms with E-state index in [1.807, 2.05) is 64.1 Å². The van der Waals surface area contributed by atoms with Crippen LogP contribution in [0.5, 0.6) is 5.75 Å². The lowest BCUT2D eigenvalue weighted by molar-refractivity contribution is -0.114. The first-order valence-electron chi connectivity index (χ1n) is 7.81. The van der Waals surface area contributed by atoms with E-state index in [2.05, 4.69) is 16.7 Å². The maximum atomic E-state index is 12.1. The van der Waals surface area contributed by atoms with E-state index in [9.17, 15) is 4.79 Å². The molecule has 0 saturated carbocycles. The lowest BCUT2D eigenvalue weighted by Crippen LogP contribution is -2.21. The van der Waals surface area contributed by atoms with Crippen molar-refractivity contribution in [2.75, 3.05) is 17.2 Å². The van der Waals surface area contributed by atoms with Crippen LogP contribution in [0.4, 0.5) is 11.4 Å². The van der Waals surface area contributed by atoms with Crippen LogP contribution in [0.3, 0.4) is 0 Å². The van der Waals surface area contributed by atoms with Gasteiger partial charge in [0.15, 0.2) is 0 Å². The maximum absolute atomic E-state index is 12.1. The van der Waals surface area contributed by atoms with Crippen LogP contribution in [0.1, 0.15) is 25.0 Å². The molecule has 23 heavy (non-hydrogen) atoms. The van der Waals surface area contributed by atoms with Gasteiger partial charge in [-0.3, -0.25) is 4.79 Å². The van der Waals surface area contributed by atoms with E-state index in [0.29, 0.717) is 0 Å². The summed E-state index contributed by atoms with van der Waals surface area (Å²) in [4.78, 5) is 12.1. The maximum Gasteiger partial charge on any atom is 0.243 e. The Morgan fingerprint density at radius 1 is 1.04 bits per heavy atom. The Kier molecular flexibility index (Phi) is 5.63. The number of carbonyl (C=O) groups is 1. The minimum atomic E-state index is -0.0918. The van der Waals surface area contributed by atoms with Crippen LogP contribution in [0.25, 0.3) is 0 Å². The average molecular weight is 312 g/mol. The van der Waals surface area contributed by atoms with E-state index < -0.39 is 0 Å². The van der Waals surface area contributed by atoms with Crippen molar-refractivity contribution in [2.24, 2.45) is 0 Å². The second-order valence-corrected chi connectivity index (χ2v) is 5.97. The quantitative estimate of drug-likeness (QED) is 0.843. The summed E-state index contributed by atoms with van der Waals surface area (Å²) in [7, 11) is 0. The summed E-state index contributed by atoms with van der Waals surface area (Å²) >= 11 is 0. The van der Waals surface area contributed by atoms with Crippen molar-refractivity contribution in [3.63, 3.8) is 0 Å². The first-order chi connectivity index (χ1) is 10.9. The molecule has 0 aromatic heterocycles. The number of anilines is 2. The third kappa shape index (κ3) is 5.66. The van der Waals surface area contributed by atoms with Gasteiger partial charge in [-0.25, -0.2) is 0 Å². The molecule has 0 unspecified atom stereocenters.